The zero-order valence-electron chi connectivity index (χ0n) is 11.0. The second-order valence-electron chi connectivity index (χ2n) is 5.25. The van der Waals surface area contributed by atoms with E-state index in [4.69, 9.17) is 9.05 Å². The molecule has 0 bridgehead atoms. The molecule has 0 heterocycles. The summed E-state index contributed by atoms with van der Waals surface area (Å²) in [5, 5.41) is 1.31. The van der Waals surface area contributed by atoms with Gasteiger partial charge >= 0.3 is 0 Å². The quantitative estimate of drug-likeness (QED) is 0.695. The molecule has 0 unspecified atom stereocenters. The number of aryl methyl sites for hydroxylation is 1. The normalized spacial score (nSPS) is 19.4. The van der Waals surface area contributed by atoms with Crippen LogP contribution in [0.15, 0.2) is 24.3 Å². The molecule has 1 aromatic carbocycles. The van der Waals surface area contributed by atoms with Crippen molar-refractivity contribution >= 4 is 13.7 Å². The van der Waals surface area contributed by atoms with Crippen molar-refractivity contribution in [2.24, 2.45) is 0 Å². The molecule has 0 aromatic heterocycles. The lowest BCUT2D eigenvalue weighted by molar-refractivity contribution is 0.240. The molecule has 2 aliphatic carbocycles. The minimum Gasteiger partial charge on any atom is -0.327 e. The Bertz CT molecular complexity index is 385. The summed E-state index contributed by atoms with van der Waals surface area (Å²) in [5.41, 5.74) is 1.41. The molecule has 3 rings (SSSR count). The van der Waals surface area contributed by atoms with Gasteiger partial charge in [0.25, 0.3) is 0 Å². The highest BCUT2D eigenvalue weighted by molar-refractivity contribution is 7.56. The van der Waals surface area contributed by atoms with E-state index >= 15 is 0 Å². The number of hydrogen-bond acceptors (Lipinski definition) is 2. The lowest BCUT2D eigenvalue weighted by Crippen LogP contribution is -2.13. The molecule has 3 heteroatoms. The Morgan fingerprint density at radius 2 is 1.67 bits per heavy atom. The van der Waals surface area contributed by atoms with E-state index in [9.17, 15) is 0 Å². The van der Waals surface area contributed by atoms with Crippen LogP contribution < -0.4 is 5.30 Å². The standard InChI is InChI=1S/C15H21O2P/c1-2-5-12-6-3-4-7-15(12)18(16-13-8-9-13)17-14-10-11-14/h3-4,6-7,13-14H,2,5,8-11H2,1H3. The van der Waals surface area contributed by atoms with Gasteiger partial charge in [0.05, 0.1) is 12.2 Å². The second kappa shape index (κ2) is 5.69. The van der Waals surface area contributed by atoms with Crippen LogP contribution in [0.25, 0.3) is 0 Å². The van der Waals surface area contributed by atoms with E-state index in [1.807, 2.05) is 0 Å². The van der Waals surface area contributed by atoms with Crippen molar-refractivity contribution in [3.63, 3.8) is 0 Å². The Morgan fingerprint density at radius 3 is 2.22 bits per heavy atom. The highest BCUT2D eigenvalue weighted by Crippen LogP contribution is 2.49. The Labute approximate surface area is 111 Å². The number of benzene rings is 1. The Hall–Kier alpha value is -0.430. The van der Waals surface area contributed by atoms with E-state index in [0.717, 1.165) is 6.42 Å². The van der Waals surface area contributed by atoms with Gasteiger partial charge in [0, 0.05) is 5.30 Å². The molecule has 0 spiro atoms. The van der Waals surface area contributed by atoms with Crippen LogP contribution in [0, 0.1) is 0 Å². The maximum Gasteiger partial charge on any atom is 0.205 e. The highest BCUT2D eigenvalue weighted by Gasteiger charge is 2.34. The van der Waals surface area contributed by atoms with Gasteiger partial charge in [-0.15, -0.1) is 0 Å². The van der Waals surface area contributed by atoms with E-state index in [2.05, 4.69) is 31.2 Å². The van der Waals surface area contributed by atoms with Crippen LogP contribution in [0.3, 0.4) is 0 Å². The van der Waals surface area contributed by atoms with Gasteiger partial charge < -0.3 is 9.05 Å². The van der Waals surface area contributed by atoms with E-state index in [-0.39, 0.29) is 0 Å². The molecule has 98 valence electrons. The fraction of sp³-hybridized carbons (Fsp3) is 0.600. The third kappa shape index (κ3) is 3.32. The summed E-state index contributed by atoms with van der Waals surface area (Å²) in [7, 11) is -0.842. The molecule has 2 aliphatic rings. The van der Waals surface area contributed by atoms with Crippen LogP contribution >= 0.6 is 8.38 Å². The molecule has 0 radical (unpaired) electrons. The van der Waals surface area contributed by atoms with Gasteiger partial charge in [-0.25, -0.2) is 0 Å². The topological polar surface area (TPSA) is 18.5 Å². The van der Waals surface area contributed by atoms with Crippen molar-refractivity contribution in [3.8, 4) is 0 Å². The van der Waals surface area contributed by atoms with Gasteiger partial charge in [0.15, 0.2) is 0 Å². The molecule has 0 aliphatic heterocycles. The van der Waals surface area contributed by atoms with Crippen LogP contribution in [0.2, 0.25) is 0 Å². The van der Waals surface area contributed by atoms with E-state index in [1.165, 1.54) is 43.0 Å². The van der Waals surface area contributed by atoms with Crippen LogP contribution in [0.4, 0.5) is 0 Å². The minimum absolute atomic E-state index is 0.463. The summed E-state index contributed by atoms with van der Waals surface area (Å²) < 4.78 is 12.3. The second-order valence-corrected chi connectivity index (χ2v) is 6.66. The van der Waals surface area contributed by atoms with Crippen LogP contribution in [-0.4, -0.2) is 12.2 Å². The van der Waals surface area contributed by atoms with E-state index in [0.29, 0.717) is 12.2 Å². The smallest absolute Gasteiger partial charge is 0.205 e. The molecule has 2 fully saturated rings. The summed E-state index contributed by atoms with van der Waals surface area (Å²) in [5.74, 6) is 0. The fourth-order valence-corrected chi connectivity index (χ4v) is 3.79. The predicted molar refractivity (Wildman–Crippen MR) is 75.2 cm³/mol. The molecular formula is C15H21O2P. The fourth-order valence-electron chi connectivity index (χ4n) is 1.93. The third-order valence-electron chi connectivity index (χ3n) is 3.25. The Balaban J connectivity index is 1.77. The summed E-state index contributed by atoms with van der Waals surface area (Å²) in [4.78, 5) is 0. The van der Waals surface area contributed by atoms with Crippen molar-refractivity contribution in [1.82, 2.24) is 0 Å². The average Bonchev–Trinajstić information content (AvgIpc) is 3.24. The molecule has 2 nitrogen and oxygen atoms in total. The van der Waals surface area contributed by atoms with Crippen LogP contribution in [0.1, 0.15) is 44.6 Å². The average molecular weight is 264 g/mol. The number of rotatable bonds is 7. The lowest BCUT2D eigenvalue weighted by atomic mass is 10.1. The Morgan fingerprint density at radius 1 is 1.06 bits per heavy atom. The van der Waals surface area contributed by atoms with Crippen molar-refractivity contribution in [2.75, 3.05) is 0 Å². The first-order chi connectivity index (χ1) is 8.86. The summed E-state index contributed by atoms with van der Waals surface area (Å²) >= 11 is 0. The first kappa shape index (κ1) is 12.6. The van der Waals surface area contributed by atoms with Gasteiger partial charge in [-0.3, -0.25) is 0 Å². The molecule has 1 aromatic rings. The zero-order valence-corrected chi connectivity index (χ0v) is 11.9. The van der Waals surface area contributed by atoms with Gasteiger partial charge in [0.2, 0.25) is 8.38 Å². The molecule has 0 atom stereocenters. The third-order valence-corrected chi connectivity index (χ3v) is 5.05. The molecule has 0 N–H and O–H groups in total. The molecule has 18 heavy (non-hydrogen) atoms. The first-order valence-electron chi connectivity index (χ1n) is 7.08. The summed E-state index contributed by atoms with van der Waals surface area (Å²) in [6, 6.07) is 8.65. The summed E-state index contributed by atoms with van der Waals surface area (Å²) in [6.45, 7) is 2.22. The van der Waals surface area contributed by atoms with Crippen LogP contribution in [-0.2, 0) is 15.5 Å². The van der Waals surface area contributed by atoms with Gasteiger partial charge in [-0.05, 0) is 43.7 Å². The molecule has 0 saturated heterocycles. The lowest BCUT2D eigenvalue weighted by Gasteiger charge is -2.20. The van der Waals surface area contributed by atoms with Crippen LogP contribution in [0.5, 0.6) is 0 Å². The largest absolute Gasteiger partial charge is 0.327 e. The monoisotopic (exact) mass is 264 g/mol. The number of hydrogen-bond donors (Lipinski definition) is 0. The zero-order chi connectivity index (χ0) is 12.4. The molecular weight excluding hydrogens is 243 g/mol. The van der Waals surface area contributed by atoms with Crippen molar-refractivity contribution in [1.29, 1.82) is 0 Å². The van der Waals surface area contributed by atoms with Gasteiger partial charge in [0.1, 0.15) is 0 Å². The maximum atomic E-state index is 6.13. The summed E-state index contributed by atoms with van der Waals surface area (Å²) in [6.07, 6.45) is 8.07. The molecule has 2 saturated carbocycles. The van der Waals surface area contributed by atoms with E-state index < -0.39 is 8.38 Å². The van der Waals surface area contributed by atoms with Gasteiger partial charge in [-0.1, -0.05) is 31.5 Å². The van der Waals surface area contributed by atoms with Crippen molar-refractivity contribution in [3.05, 3.63) is 29.8 Å². The van der Waals surface area contributed by atoms with E-state index in [1.54, 1.807) is 0 Å². The van der Waals surface area contributed by atoms with Crippen molar-refractivity contribution in [2.45, 2.75) is 57.7 Å². The SMILES string of the molecule is CCCc1ccccc1P(OC1CC1)OC1CC1. The Kier molecular flexibility index (Phi) is 3.98. The van der Waals surface area contributed by atoms with Crippen molar-refractivity contribution < 1.29 is 9.05 Å². The maximum absolute atomic E-state index is 6.13. The van der Waals surface area contributed by atoms with Gasteiger partial charge in [-0.2, -0.15) is 0 Å². The minimum atomic E-state index is -0.842. The predicted octanol–water partition coefficient (Wildman–Crippen LogP) is 3.93. The molecule has 0 amide bonds. The first-order valence-corrected chi connectivity index (χ1v) is 8.26. The highest BCUT2D eigenvalue weighted by atomic mass is 31.2.